The van der Waals surface area contributed by atoms with Crippen LogP contribution in [0.4, 0.5) is 0 Å². The van der Waals surface area contributed by atoms with Gasteiger partial charge in [-0.1, -0.05) is 12.8 Å². The van der Waals surface area contributed by atoms with Crippen LogP contribution in [-0.4, -0.2) is 18.5 Å². The Morgan fingerprint density at radius 3 is 2.92 bits per heavy atom. The van der Waals surface area contributed by atoms with E-state index in [1.807, 2.05) is 0 Å². The van der Waals surface area contributed by atoms with Gasteiger partial charge in [0.15, 0.2) is 0 Å². The van der Waals surface area contributed by atoms with Crippen LogP contribution in [0, 0.1) is 11.8 Å². The lowest BCUT2D eigenvalue weighted by Crippen LogP contribution is -2.52. The fraction of sp³-hybridized carbons (Fsp3) is 0.900. The van der Waals surface area contributed by atoms with Crippen LogP contribution < -0.4 is 11.1 Å². The van der Waals surface area contributed by atoms with Crippen LogP contribution in [0.5, 0.6) is 0 Å². The third-order valence-corrected chi connectivity index (χ3v) is 3.48. The van der Waals surface area contributed by atoms with E-state index in [-0.39, 0.29) is 11.8 Å². The minimum absolute atomic E-state index is 0.0827. The first-order valence-electron chi connectivity index (χ1n) is 5.31. The number of piperidine rings is 1. The Morgan fingerprint density at radius 2 is 2.15 bits per heavy atom. The molecule has 1 saturated carbocycles. The first-order valence-corrected chi connectivity index (χ1v) is 5.31. The number of carbonyl (C=O) groups is 1. The minimum Gasteiger partial charge on any atom is -0.353 e. The minimum atomic E-state index is 0.0827. The maximum absolute atomic E-state index is 11.5. The molecule has 13 heavy (non-hydrogen) atoms. The quantitative estimate of drug-likeness (QED) is 0.625. The molecule has 0 aromatic heterocycles. The fourth-order valence-electron chi connectivity index (χ4n) is 2.66. The molecule has 0 bridgehead atoms. The van der Waals surface area contributed by atoms with Crippen LogP contribution in [0.15, 0.2) is 0 Å². The molecule has 1 heterocycles. The van der Waals surface area contributed by atoms with E-state index in [1.165, 1.54) is 25.7 Å². The van der Waals surface area contributed by atoms with Crippen molar-refractivity contribution in [3.8, 4) is 0 Å². The Labute approximate surface area is 79.1 Å². The molecule has 3 atom stereocenters. The van der Waals surface area contributed by atoms with E-state index in [1.54, 1.807) is 0 Å². The number of hydrogen-bond acceptors (Lipinski definition) is 2. The first kappa shape index (κ1) is 9.00. The summed E-state index contributed by atoms with van der Waals surface area (Å²) in [4.78, 5) is 11.5. The maximum Gasteiger partial charge on any atom is 0.224 e. The predicted octanol–water partition coefficient (Wildman–Crippen LogP) is 0.640. The van der Waals surface area contributed by atoms with Crippen LogP contribution in [-0.2, 0) is 4.79 Å². The molecule has 1 aliphatic carbocycles. The summed E-state index contributed by atoms with van der Waals surface area (Å²) in [6.07, 6.45) is 6.07. The van der Waals surface area contributed by atoms with Crippen molar-refractivity contribution in [2.24, 2.45) is 17.6 Å². The van der Waals surface area contributed by atoms with E-state index >= 15 is 0 Å². The van der Waals surface area contributed by atoms with E-state index in [4.69, 9.17) is 5.73 Å². The predicted molar refractivity (Wildman–Crippen MR) is 51.1 cm³/mol. The second-order valence-electron chi connectivity index (χ2n) is 4.33. The van der Waals surface area contributed by atoms with Crippen molar-refractivity contribution in [2.75, 3.05) is 6.54 Å². The average molecular weight is 182 g/mol. The zero-order valence-corrected chi connectivity index (χ0v) is 7.96. The molecule has 0 radical (unpaired) electrons. The van der Waals surface area contributed by atoms with Crippen molar-refractivity contribution >= 4 is 5.91 Å². The van der Waals surface area contributed by atoms with E-state index in [2.05, 4.69) is 5.32 Å². The highest BCUT2D eigenvalue weighted by Gasteiger charge is 2.35. The summed E-state index contributed by atoms with van der Waals surface area (Å²) in [5.74, 6) is 0.977. The van der Waals surface area contributed by atoms with Crippen LogP contribution in [0.2, 0.25) is 0 Å². The molecule has 0 aromatic rings. The van der Waals surface area contributed by atoms with E-state index < -0.39 is 0 Å². The average Bonchev–Trinajstić information content (AvgIpc) is 2.17. The van der Waals surface area contributed by atoms with Gasteiger partial charge in [-0.15, -0.1) is 0 Å². The number of rotatable bonds is 1. The highest BCUT2D eigenvalue weighted by molar-refractivity contribution is 5.80. The van der Waals surface area contributed by atoms with Crippen LogP contribution in [0.25, 0.3) is 0 Å². The lowest BCUT2D eigenvalue weighted by Gasteiger charge is -2.39. The maximum atomic E-state index is 11.5. The summed E-state index contributed by atoms with van der Waals surface area (Å²) < 4.78 is 0. The molecule has 3 N–H and O–H groups in total. The lowest BCUT2D eigenvalue weighted by molar-refractivity contribution is -0.129. The van der Waals surface area contributed by atoms with Crippen molar-refractivity contribution < 1.29 is 4.79 Å². The number of nitrogens with two attached hydrogens (primary N) is 1. The number of amides is 1. The Kier molecular flexibility index (Phi) is 2.54. The summed E-state index contributed by atoms with van der Waals surface area (Å²) in [7, 11) is 0. The molecule has 0 unspecified atom stereocenters. The number of carbonyl (C=O) groups excluding carboxylic acids is 1. The zero-order valence-electron chi connectivity index (χ0n) is 7.96. The standard InChI is InChI=1S/C10H18N2O/c11-6-8-5-7-3-1-2-4-9(7)12-10(8)13/h7-9H,1-6,11H2,(H,12,13)/t7-,8-,9-/m0/s1. The molecule has 2 aliphatic rings. The topological polar surface area (TPSA) is 55.1 Å². The van der Waals surface area contributed by atoms with Crippen LogP contribution in [0.3, 0.4) is 0 Å². The first-order chi connectivity index (χ1) is 6.31. The van der Waals surface area contributed by atoms with Crippen molar-refractivity contribution in [3.05, 3.63) is 0 Å². The second kappa shape index (κ2) is 3.66. The molecule has 2 rings (SSSR count). The second-order valence-corrected chi connectivity index (χ2v) is 4.33. The summed E-state index contributed by atoms with van der Waals surface area (Å²) in [5.41, 5.74) is 5.55. The van der Waals surface area contributed by atoms with E-state index in [9.17, 15) is 4.79 Å². The number of fused-ring (bicyclic) bond motifs is 1. The number of hydrogen-bond donors (Lipinski definition) is 2. The normalized spacial score (nSPS) is 39.5. The Hall–Kier alpha value is -0.570. The molecule has 0 spiro atoms. The van der Waals surface area contributed by atoms with Crippen molar-refractivity contribution in [1.29, 1.82) is 0 Å². The van der Waals surface area contributed by atoms with Gasteiger partial charge < -0.3 is 11.1 Å². The van der Waals surface area contributed by atoms with Crippen molar-refractivity contribution in [2.45, 2.75) is 38.1 Å². The monoisotopic (exact) mass is 182 g/mol. The van der Waals surface area contributed by atoms with Gasteiger partial charge in [0.25, 0.3) is 0 Å². The number of nitrogens with one attached hydrogen (secondary N) is 1. The van der Waals surface area contributed by atoms with E-state index in [0.717, 1.165) is 6.42 Å². The van der Waals surface area contributed by atoms with Gasteiger partial charge in [0.1, 0.15) is 0 Å². The van der Waals surface area contributed by atoms with Gasteiger partial charge >= 0.3 is 0 Å². The third kappa shape index (κ3) is 1.70. The van der Waals surface area contributed by atoms with Gasteiger partial charge in [0, 0.05) is 12.6 Å². The van der Waals surface area contributed by atoms with Gasteiger partial charge in [-0.25, -0.2) is 0 Å². The largest absolute Gasteiger partial charge is 0.353 e. The lowest BCUT2D eigenvalue weighted by atomic mass is 9.76. The smallest absolute Gasteiger partial charge is 0.224 e. The molecule has 74 valence electrons. The van der Waals surface area contributed by atoms with Gasteiger partial charge in [-0.05, 0) is 25.2 Å². The van der Waals surface area contributed by atoms with Crippen LogP contribution in [0.1, 0.15) is 32.1 Å². The van der Waals surface area contributed by atoms with E-state index in [0.29, 0.717) is 18.5 Å². The summed E-state index contributed by atoms with van der Waals surface area (Å²) in [6.45, 7) is 0.509. The van der Waals surface area contributed by atoms with Gasteiger partial charge in [-0.2, -0.15) is 0 Å². The molecular formula is C10H18N2O. The van der Waals surface area contributed by atoms with Crippen molar-refractivity contribution in [3.63, 3.8) is 0 Å². The molecular weight excluding hydrogens is 164 g/mol. The Balaban J connectivity index is 2.01. The van der Waals surface area contributed by atoms with Gasteiger partial charge in [0.05, 0.1) is 5.92 Å². The molecule has 2 fully saturated rings. The molecule has 3 heteroatoms. The highest BCUT2D eigenvalue weighted by Crippen LogP contribution is 2.32. The molecule has 1 saturated heterocycles. The SMILES string of the molecule is NC[C@@H]1C[C@@H]2CCCC[C@@H]2NC1=O. The molecule has 3 nitrogen and oxygen atoms in total. The molecule has 0 aromatic carbocycles. The molecule has 1 amide bonds. The summed E-state index contributed by atoms with van der Waals surface area (Å²) in [6, 6.07) is 0.462. The zero-order chi connectivity index (χ0) is 9.26. The summed E-state index contributed by atoms with van der Waals surface area (Å²) in [5, 5.41) is 3.10. The Bertz CT molecular complexity index is 205. The summed E-state index contributed by atoms with van der Waals surface area (Å²) >= 11 is 0. The van der Waals surface area contributed by atoms with Crippen molar-refractivity contribution in [1.82, 2.24) is 5.32 Å². The highest BCUT2D eigenvalue weighted by atomic mass is 16.2. The fourth-order valence-corrected chi connectivity index (χ4v) is 2.66. The Morgan fingerprint density at radius 1 is 1.38 bits per heavy atom. The molecule has 1 aliphatic heterocycles. The van der Waals surface area contributed by atoms with Gasteiger partial charge in [-0.3, -0.25) is 4.79 Å². The van der Waals surface area contributed by atoms with Crippen LogP contribution >= 0.6 is 0 Å². The third-order valence-electron chi connectivity index (χ3n) is 3.48. The van der Waals surface area contributed by atoms with Gasteiger partial charge in [0.2, 0.25) is 5.91 Å².